The minimum Gasteiger partial charge on any atom is -0.323 e. The highest BCUT2D eigenvalue weighted by atomic mass is 32.2. The van der Waals surface area contributed by atoms with Crippen molar-refractivity contribution in [2.24, 2.45) is 0 Å². The van der Waals surface area contributed by atoms with Crippen molar-refractivity contribution in [3.8, 4) is 0 Å². The van der Waals surface area contributed by atoms with Gasteiger partial charge in [0.15, 0.2) is 0 Å². The molecule has 29 heavy (non-hydrogen) atoms. The lowest BCUT2D eigenvalue weighted by atomic mass is 10.2. The van der Waals surface area contributed by atoms with Gasteiger partial charge in [-0.25, -0.2) is 13.1 Å². The molecule has 1 heterocycles. The molecule has 3 aromatic rings. The summed E-state index contributed by atoms with van der Waals surface area (Å²) in [4.78, 5) is 12.4. The topological polar surface area (TPSA) is 93.1 Å². The Bertz CT molecular complexity index is 1090. The molecule has 3 rings (SSSR count). The molecule has 0 saturated heterocycles. The summed E-state index contributed by atoms with van der Waals surface area (Å²) < 4.78 is 29.1. The van der Waals surface area contributed by atoms with Crippen LogP contribution in [-0.4, -0.2) is 30.7 Å². The van der Waals surface area contributed by atoms with Gasteiger partial charge in [-0.2, -0.15) is 5.10 Å². The van der Waals surface area contributed by atoms with Crippen molar-refractivity contribution in [2.45, 2.75) is 31.7 Å². The number of anilines is 1. The number of benzene rings is 2. The first kappa shape index (κ1) is 20.8. The fourth-order valence-electron chi connectivity index (χ4n) is 2.99. The second-order valence-corrected chi connectivity index (χ2v) is 8.61. The van der Waals surface area contributed by atoms with E-state index < -0.39 is 10.0 Å². The Labute approximate surface area is 170 Å². The normalized spacial score (nSPS) is 11.4. The number of amides is 1. The molecule has 0 radical (unpaired) electrons. The van der Waals surface area contributed by atoms with Crippen LogP contribution in [0.1, 0.15) is 23.1 Å². The predicted octanol–water partition coefficient (Wildman–Crippen LogP) is 2.86. The molecule has 0 aliphatic heterocycles. The zero-order valence-corrected chi connectivity index (χ0v) is 17.2. The number of carbonyl (C=O) groups excluding carboxylic acids is 1. The SMILES string of the molecule is Cc1ccc(S(=O)(=O)NCCC(=O)Nc2cnn(Cc3ccccc3)c2)c(C)c1. The zero-order chi connectivity index (χ0) is 20.9. The molecule has 0 spiro atoms. The highest BCUT2D eigenvalue weighted by molar-refractivity contribution is 7.89. The van der Waals surface area contributed by atoms with Gasteiger partial charge >= 0.3 is 0 Å². The molecule has 0 fully saturated rings. The van der Waals surface area contributed by atoms with Crippen molar-refractivity contribution in [3.63, 3.8) is 0 Å². The fraction of sp³-hybridized carbons (Fsp3) is 0.238. The second kappa shape index (κ2) is 9.02. The third-order valence-electron chi connectivity index (χ3n) is 4.37. The van der Waals surface area contributed by atoms with Crippen LogP contribution in [0.15, 0.2) is 65.8 Å². The zero-order valence-electron chi connectivity index (χ0n) is 16.4. The first-order chi connectivity index (χ1) is 13.8. The molecule has 0 saturated carbocycles. The van der Waals surface area contributed by atoms with Gasteiger partial charge in [-0.05, 0) is 31.0 Å². The molecule has 0 atom stereocenters. The average molecular weight is 413 g/mol. The monoisotopic (exact) mass is 412 g/mol. The lowest BCUT2D eigenvalue weighted by Gasteiger charge is -2.10. The molecule has 8 heteroatoms. The first-order valence-corrected chi connectivity index (χ1v) is 10.7. The number of sulfonamides is 1. The van der Waals surface area contributed by atoms with E-state index in [2.05, 4.69) is 15.1 Å². The average Bonchev–Trinajstić information content (AvgIpc) is 3.08. The Morgan fingerprint density at radius 2 is 1.86 bits per heavy atom. The van der Waals surface area contributed by atoms with Gasteiger partial charge in [0.1, 0.15) is 0 Å². The minimum atomic E-state index is -3.65. The molecule has 1 amide bonds. The molecule has 1 aromatic heterocycles. The number of hydrogen-bond acceptors (Lipinski definition) is 4. The number of aryl methyl sites for hydroxylation is 2. The maximum Gasteiger partial charge on any atom is 0.240 e. The molecule has 0 unspecified atom stereocenters. The summed E-state index contributed by atoms with van der Waals surface area (Å²) in [5.74, 6) is -0.285. The van der Waals surface area contributed by atoms with E-state index in [1.165, 1.54) is 0 Å². The lowest BCUT2D eigenvalue weighted by Crippen LogP contribution is -2.28. The van der Waals surface area contributed by atoms with Crippen molar-refractivity contribution >= 4 is 21.6 Å². The third kappa shape index (κ3) is 5.75. The lowest BCUT2D eigenvalue weighted by molar-refractivity contribution is -0.116. The number of aromatic nitrogens is 2. The van der Waals surface area contributed by atoms with Crippen LogP contribution < -0.4 is 10.0 Å². The maximum atomic E-state index is 12.4. The first-order valence-electron chi connectivity index (χ1n) is 9.27. The van der Waals surface area contributed by atoms with Crippen molar-refractivity contribution in [1.82, 2.24) is 14.5 Å². The molecular weight excluding hydrogens is 388 g/mol. The van der Waals surface area contributed by atoms with Gasteiger partial charge in [-0.15, -0.1) is 0 Å². The predicted molar refractivity (Wildman–Crippen MR) is 112 cm³/mol. The van der Waals surface area contributed by atoms with Crippen LogP contribution in [0, 0.1) is 13.8 Å². The van der Waals surface area contributed by atoms with Crippen molar-refractivity contribution < 1.29 is 13.2 Å². The van der Waals surface area contributed by atoms with Crippen LogP contribution in [0.4, 0.5) is 5.69 Å². The van der Waals surface area contributed by atoms with Gasteiger partial charge in [-0.1, -0.05) is 48.0 Å². The van der Waals surface area contributed by atoms with Crippen LogP contribution in [0.2, 0.25) is 0 Å². The summed E-state index contributed by atoms with van der Waals surface area (Å²) in [6.45, 7) is 4.27. The summed E-state index contributed by atoms with van der Waals surface area (Å²) in [5, 5.41) is 6.97. The van der Waals surface area contributed by atoms with Crippen molar-refractivity contribution in [2.75, 3.05) is 11.9 Å². The maximum absolute atomic E-state index is 12.4. The molecule has 0 aliphatic rings. The number of rotatable bonds is 8. The third-order valence-corrected chi connectivity index (χ3v) is 5.99. The molecule has 152 valence electrons. The Hall–Kier alpha value is -2.97. The largest absolute Gasteiger partial charge is 0.323 e. The van der Waals surface area contributed by atoms with Crippen molar-refractivity contribution in [1.29, 1.82) is 0 Å². The Balaban J connectivity index is 1.50. The second-order valence-electron chi connectivity index (χ2n) is 6.88. The van der Waals surface area contributed by atoms with Crippen LogP contribution in [0.25, 0.3) is 0 Å². The van der Waals surface area contributed by atoms with Crippen LogP contribution in [-0.2, 0) is 21.4 Å². The number of nitrogens with zero attached hydrogens (tertiary/aromatic N) is 2. The smallest absolute Gasteiger partial charge is 0.240 e. The van der Waals surface area contributed by atoms with Crippen LogP contribution in [0.5, 0.6) is 0 Å². The van der Waals surface area contributed by atoms with Gasteiger partial charge in [-0.3, -0.25) is 9.48 Å². The van der Waals surface area contributed by atoms with Gasteiger partial charge in [0, 0.05) is 19.2 Å². The Morgan fingerprint density at radius 3 is 2.59 bits per heavy atom. The van der Waals surface area contributed by atoms with E-state index in [0.29, 0.717) is 17.8 Å². The van der Waals surface area contributed by atoms with Gasteiger partial charge in [0.05, 0.1) is 23.3 Å². The molecule has 0 aliphatic carbocycles. The standard InChI is InChI=1S/C21H24N4O3S/c1-16-8-9-20(17(2)12-16)29(27,28)23-11-10-21(26)24-19-13-22-25(15-19)14-18-6-4-3-5-7-18/h3-9,12-13,15,23H,10-11,14H2,1-2H3,(H,24,26). The van der Waals surface area contributed by atoms with Gasteiger partial charge in [0.2, 0.25) is 15.9 Å². The number of carbonyl (C=O) groups is 1. The fourth-order valence-corrected chi connectivity index (χ4v) is 4.24. The number of nitrogens with one attached hydrogen (secondary N) is 2. The summed E-state index contributed by atoms with van der Waals surface area (Å²) >= 11 is 0. The summed E-state index contributed by atoms with van der Waals surface area (Å²) in [6.07, 6.45) is 3.33. The van der Waals surface area contributed by atoms with E-state index >= 15 is 0 Å². The van der Waals surface area contributed by atoms with E-state index in [1.54, 1.807) is 36.1 Å². The van der Waals surface area contributed by atoms with E-state index in [0.717, 1.165) is 11.1 Å². The summed E-state index contributed by atoms with van der Waals surface area (Å²) in [7, 11) is -3.65. The minimum absolute atomic E-state index is 0.0135. The van der Waals surface area contributed by atoms with Crippen molar-refractivity contribution in [3.05, 3.63) is 77.6 Å². The van der Waals surface area contributed by atoms with E-state index in [-0.39, 0.29) is 23.8 Å². The molecule has 2 aromatic carbocycles. The quantitative estimate of drug-likeness (QED) is 0.595. The van der Waals surface area contributed by atoms with Crippen LogP contribution in [0.3, 0.4) is 0 Å². The highest BCUT2D eigenvalue weighted by Crippen LogP contribution is 2.16. The van der Waals surface area contributed by atoms with E-state index in [9.17, 15) is 13.2 Å². The summed E-state index contributed by atoms with van der Waals surface area (Å²) in [6, 6.07) is 15.0. The molecule has 0 bridgehead atoms. The van der Waals surface area contributed by atoms with Gasteiger partial charge < -0.3 is 5.32 Å². The number of hydrogen-bond donors (Lipinski definition) is 2. The molecule has 2 N–H and O–H groups in total. The Morgan fingerprint density at radius 1 is 1.10 bits per heavy atom. The van der Waals surface area contributed by atoms with E-state index in [1.807, 2.05) is 43.3 Å². The highest BCUT2D eigenvalue weighted by Gasteiger charge is 2.16. The van der Waals surface area contributed by atoms with Crippen LogP contribution >= 0.6 is 0 Å². The molecular formula is C21H24N4O3S. The van der Waals surface area contributed by atoms with E-state index in [4.69, 9.17) is 0 Å². The Kier molecular flexibility index (Phi) is 6.46. The molecule has 7 nitrogen and oxygen atoms in total. The summed E-state index contributed by atoms with van der Waals surface area (Å²) in [5.41, 5.74) is 3.35. The van der Waals surface area contributed by atoms with Gasteiger partial charge in [0.25, 0.3) is 0 Å².